The Balaban J connectivity index is 4.38. The number of hydrogen-bond donors (Lipinski definition) is 0. The Morgan fingerprint density at radius 1 is 0.400 bits per heavy atom. The van der Waals surface area contributed by atoms with Crippen molar-refractivity contribution in [2.75, 3.05) is 20.3 Å². The lowest BCUT2D eigenvalue weighted by molar-refractivity contribution is -0.167. The smallest absolute Gasteiger partial charge is 0.306 e. The number of carbonyl (C=O) groups is 4. The molecule has 0 aromatic heterocycles. The van der Waals surface area contributed by atoms with E-state index in [-0.39, 0.29) is 43.5 Å². The normalized spacial score (nSPS) is 11.0. The summed E-state index contributed by atoms with van der Waals surface area (Å²) in [4.78, 5) is 48.4. The third-order valence-electron chi connectivity index (χ3n) is 8.12. The summed E-state index contributed by atoms with van der Waals surface area (Å²) >= 11 is 0. The maximum atomic E-state index is 12.5. The number of ether oxygens (including phenoxy) is 4. The first-order valence-electron chi connectivity index (χ1n) is 18.5. The number of hydrogen-bond acceptors (Lipinski definition) is 8. The van der Waals surface area contributed by atoms with Crippen LogP contribution in [0.5, 0.6) is 0 Å². The van der Waals surface area contributed by atoms with Crippen LogP contribution in [0.2, 0.25) is 0 Å². The second-order valence-corrected chi connectivity index (χ2v) is 12.5. The van der Waals surface area contributed by atoms with Gasteiger partial charge in [0.15, 0.2) is 6.10 Å². The van der Waals surface area contributed by atoms with Crippen molar-refractivity contribution >= 4 is 23.9 Å². The Hall–Kier alpha value is -2.12. The van der Waals surface area contributed by atoms with Gasteiger partial charge in [-0.3, -0.25) is 19.2 Å². The van der Waals surface area contributed by atoms with Gasteiger partial charge in [-0.05, 0) is 25.7 Å². The molecule has 0 aromatic rings. The topological polar surface area (TPSA) is 105 Å². The Labute approximate surface area is 275 Å². The van der Waals surface area contributed by atoms with Gasteiger partial charge in [0, 0.05) is 25.7 Å². The number of esters is 4. The quantitative estimate of drug-likeness (QED) is 0.0397. The lowest BCUT2D eigenvalue weighted by Crippen LogP contribution is -2.30. The van der Waals surface area contributed by atoms with Crippen LogP contribution in [-0.2, 0) is 38.1 Å². The molecule has 0 heterocycles. The van der Waals surface area contributed by atoms with Crippen molar-refractivity contribution in [3.8, 4) is 0 Å². The van der Waals surface area contributed by atoms with Gasteiger partial charge in [-0.25, -0.2) is 0 Å². The lowest BCUT2D eigenvalue weighted by atomic mass is 10.1. The highest BCUT2D eigenvalue weighted by atomic mass is 16.6. The van der Waals surface area contributed by atoms with E-state index >= 15 is 0 Å². The van der Waals surface area contributed by atoms with E-state index in [9.17, 15) is 19.2 Å². The first-order chi connectivity index (χ1) is 21.9. The fraction of sp³-hybridized carbons (Fsp3) is 0.892. The number of rotatable bonds is 33. The summed E-state index contributed by atoms with van der Waals surface area (Å²) in [5, 5.41) is 0. The third-order valence-corrected chi connectivity index (χ3v) is 8.12. The Morgan fingerprint density at radius 3 is 1.02 bits per heavy atom. The van der Waals surface area contributed by atoms with Gasteiger partial charge in [0.05, 0.1) is 7.11 Å². The zero-order valence-electron chi connectivity index (χ0n) is 29.3. The molecule has 0 aliphatic rings. The van der Waals surface area contributed by atoms with E-state index in [2.05, 4.69) is 18.6 Å². The van der Waals surface area contributed by atoms with Gasteiger partial charge >= 0.3 is 23.9 Å². The molecule has 0 atom stereocenters. The predicted octanol–water partition coefficient (Wildman–Crippen LogP) is 9.73. The van der Waals surface area contributed by atoms with Crippen LogP contribution in [0.1, 0.15) is 187 Å². The molecule has 264 valence electrons. The van der Waals surface area contributed by atoms with Crippen LogP contribution >= 0.6 is 0 Å². The molecule has 0 radical (unpaired) electrons. The first kappa shape index (κ1) is 42.9. The van der Waals surface area contributed by atoms with Crippen LogP contribution < -0.4 is 0 Å². The van der Waals surface area contributed by atoms with Crippen molar-refractivity contribution in [3.05, 3.63) is 0 Å². The summed E-state index contributed by atoms with van der Waals surface area (Å²) in [6.07, 6.45) is 25.7. The maximum absolute atomic E-state index is 12.5. The van der Waals surface area contributed by atoms with E-state index in [1.54, 1.807) is 0 Å². The molecule has 0 amide bonds. The molecule has 0 spiro atoms. The standard InChI is InChI=1S/C37H68O8/c1-4-6-8-10-12-14-16-19-24-28-35(39)43-31-33(45-37(41)30-26-22-18-21-23-27-34(38)42-3)32-44-36(40)29-25-20-17-15-13-11-9-7-5-2/h33H,4-32H2,1-3H3. The fourth-order valence-corrected chi connectivity index (χ4v) is 5.21. The highest BCUT2D eigenvalue weighted by molar-refractivity contribution is 5.71. The molecule has 0 aliphatic carbocycles. The summed E-state index contributed by atoms with van der Waals surface area (Å²) < 4.78 is 21.1. The Morgan fingerprint density at radius 2 is 0.689 bits per heavy atom. The molecule has 0 aromatic carbocycles. The van der Waals surface area contributed by atoms with Crippen LogP contribution in [0.4, 0.5) is 0 Å². The predicted molar refractivity (Wildman–Crippen MR) is 180 cm³/mol. The molecule has 8 heteroatoms. The average Bonchev–Trinajstić information content (AvgIpc) is 3.03. The van der Waals surface area contributed by atoms with Crippen LogP contribution in [0, 0.1) is 0 Å². The molecule has 0 aliphatic heterocycles. The van der Waals surface area contributed by atoms with Gasteiger partial charge in [0.25, 0.3) is 0 Å². The van der Waals surface area contributed by atoms with E-state index in [4.69, 9.17) is 14.2 Å². The minimum Gasteiger partial charge on any atom is -0.469 e. The van der Waals surface area contributed by atoms with Crippen LogP contribution in [-0.4, -0.2) is 50.3 Å². The van der Waals surface area contributed by atoms with Gasteiger partial charge in [0.2, 0.25) is 0 Å². The van der Waals surface area contributed by atoms with Crippen molar-refractivity contribution in [1.82, 2.24) is 0 Å². The van der Waals surface area contributed by atoms with Gasteiger partial charge < -0.3 is 18.9 Å². The molecular formula is C37H68O8. The molecule has 0 saturated heterocycles. The Bertz CT molecular complexity index is 685. The zero-order chi connectivity index (χ0) is 33.2. The van der Waals surface area contributed by atoms with Crippen LogP contribution in [0.3, 0.4) is 0 Å². The maximum Gasteiger partial charge on any atom is 0.306 e. The number of methoxy groups -OCH3 is 1. The summed E-state index contributed by atoms with van der Waals surface area (Å²) in [6, 6.07) is 0. The molecule has 45 heavy (non-hydrogen) atoms. The molecule has 0 unspecified atom stereocenters. The Kier molecular flexibility index (Phi) is 31.7. The molecule has 0 bridgehead atoms. The van der Waals surface area contributed by atoms with Crippen molar-refractivity contribution in [2.24, 2.45) is 0 Å². The number of carbonyl (C=O) groups excluding carboxylic acids is 4. The molecule has 0 rings (SSSR count). The van der Waals surface area contributed by atoms with Crippen LogP contribution in [0.25, 0.3) is 0 Å². The second kappa shape index (κ2) is 33.2. The van der Waals surface area contributed by atoms with Gasteiger partial charge in [0.1, 0.15) is 13.2 Å². The van der Waals surface area contributed by atoms with E-state index in [1.807, 2.05) is 0 Å². The highest BCUT2D eigenvalue weighted by Crippen LogP contribution is 2.13. The lowest BCUT2D eigenvalue weighted by Gasteiger charge is -2.18. The van der Waals surface area contributed by atoms with Crippen molar-refractivity contribution in [1.29, 1.82) is 0 Å². The van der Waals surface area contributed by atoms with Crippen molar-refractivity contribution in [2.45, 2.75) is 193 Å². The van der Waals surface area contributed by atoms with E-state index < -0.39 is 6.10 Å². The summed E-state index contributed by atoms with van der Waals surface area (Å²) in [6.45, 7) is 4.22. The molecule has 0 N–H and O–H groups in total. The summed E-state index contributed by atoms with van der Waals surface area (Å²) in [7, 11) is 1.39. The summed E-state index contributed by atoms with van der Waals surface area (Å²) in [5.74, 6) is -1.22. The van der Waals surface area contributed by atoms with Gasteiger partial charge in [-0.2, -0.15) is 0 Å². The SMILES string of the molecule is CCCCCCCCCCCC(=O)OCC(COC(=O)CCCCCCCCCCC)OC(=O)CCCCCCCC(=O)OC. The minimum absolute atomic E-state index is 0.110. The van der Waals surface area contributed by atoms with E-state index in [0.29, 0.717) is 25.7 Å². The molecular weight excluding hydrogens is 572 g/mol. The van der Waals surface area contributed by atoms with E-state index in [1.165, 1.54) is 84.2 Å². The first-order valence-corrected chi connectivity index (χ1v) is 18.5. The van der Waals surface area contributed by atoms with Gasteiger partial charge in [-0.15, -0.1) is 0 Å². The molecule has 8 nitrogen and oxygen atoms in total. The second-order valence-electron chi connectivity index (χ2n) is 12.5. The highest BCUT2D eigenvalue weighted by Gasteiger charge is 2.19. The van der Waals surface area contributed by atoms with E-state index in [0.717, 1.165) is 64.2 Å². The zero-order valence-corrected chi connectivity index (χ0v) is 29.3. The number of unbranched alkanes of at least 4 members (excludes halogenated alkanes) is 20. The van der Waals surface area contributed by atoms with Crippen LogP contribution in [0.15, 0.2) is 0 Å². The average molecular weight is 641 g/mol. The summed E-state index contributed by atoms with van der Waals surface area (Å²) in [5.41, 5.74) is 0. The fourth-order valence-electron chi connectivity index (χ4n) is 5.21. The third kappa shape index (κ3) is 31.6. The molecule has 0 saturated carbocycles. The van der Waals surface area contributed by atoms with Gasteiger partial charge in [-0.1, -0.05) is 136 Å². The minimum atomic E-state index is -0.809. The largest absolute Gasteiger partial charge is 0.469 e. The monoisotopic (exact) mass is 640 g/mol. The van der Waals surface area contributed by atoms with Crippen molar-refractivity contribution in [3.63, 3.8) is 0 Å². The van der Waals surface area contributed by atoms with Crippen molar-refractivity contribution < 1.29 is 38.1 Å². The molecule has 0 fully saturated rings.